The van der Waals surface area contributed by atoms with Crippen molar-refractivity contribution in [1.82, 2.24) is 4.90 Å². The Hall–Kier alpha value is -4.13. The van der Waals surface area contributed by atoms with E-state index in [9.17, 15) is 14.4 Å². The van der Waals surface area contributed by atoms with Gasteiger partial charge in [-0.1, -0.05) is 42.5 Å². The van der Waals surface area contributed by atoms with E-state index in [1.54, 1.807) is 23.1 Å². The topological polar surface area (TPSA) is 87.7 Å². The maximum absolute atomic E-state index is 13.1. The number of hydrogen-bond acceptors (Lipinski definition) is 4. The van der Waals surface area contributed by atoms with Crippen LogP contribution in [0, 0.1) is 12.8 Å². The van der Waals surface area contributed by atoms with Crippen LogP contribution in [0.3, 0.4) is 0 Å². The summed E-state index contributed by atoms with van der Waals surface area (Å²) >= 11 is 0. The Balaban J connectivity index is 1.31. The number of rotatable bonds is 8. The largest absolute Gasteiger partial charge is 0.493 e. The van der Waals surface area contributed by atoms with E-state index < -0.39 is 0 Å². The lowest BCUT2D eigenvalue weighted by atomic mass is 9.96. The summed E-state index contributed by atoms with van der Waals surface area (Å²) < 4.78 is 5.64. The number of nitrogens with one attached hydrogen (secondary N) is 2. The first-order valence-corrected chi connectivity index (χ1v) is 12.2. The summed E-state index contributed by atoms with van der Waals surface area (Å²) in [6.07, 6.45) is 1.76. The number of nitrogens with zero attached hydrogens (tertiary/aromatic N) is 1. The molecule has 1 saturated heterocycles. The van der Waals surface area contributed by atoms with Crippen LogP contribution in [0.5, 0.6) is 5.75 Å². The van der Waals surface area contributed by atoms with Crippen molar-refractivity contribution in [2.45, 2.75) is 26.2 Å². The number of amides is 3. The van der Waals surface area contributed by atoms with Crippen LogP contribution in [0.25, 0.3) is 0 Å². The number of carbonyl (C=O) groups excluding carboxylic acids is 3. The van der Waals surface area contributed by atoms with Crippen molar-refractivity contribution in [3.05, 3.63) is 90.0 Å². The fraction of sp³-hybridized carbons (Fsp3) is 0.276. The van der Waals surface area contributed by atoms with Gasteiger partial charge in [0.2, 0.25) is 11.8 Å². The maximum atomic E-state index is 13.1. The van der Waals surface area contributed by atoms with Crippen molar-refractivity contribution >= 4 is 29.1 Å². The highest BCUT2D eigenvalue weighted by Crippen LogP contribution is 2.24. The summed E-state index contributed by atoms with van der Waals surface area (Å²) in [5.74, 6) is 0.0979. The van der Waals surface area contributed by atoms with Gasteiger partial charge in [-0.2, -0.15) is 0 Å². The molecule has 0 spiro atoms. The molecule has 36 heavy (non-hydrogen) atoms. The molecule has 1 aliphatic rings. The summed E-state index contributed by atoms with van der Waals surface area (Å²) in [6, 6.07) is 23.8. The lowest BCUT2D eigenvalue weighted by Crippen LogP contribution is -2.44. The minimum absolute atomic E-state index is 0.00904. The van der Waals surface area contributed by atoms with Crippen LogP contribution in [0.2, 0.25) is 0 Å². The third kappa shape index (κ3) is 6.72. The molecule has 0 saturated carbocycles. The molecule has 0 aliphatic carbocycles. The van der Waals surface area contributed by atoms with E-state index in [-0.39, 0.29) is 30.1 Å². The van der Waals surface area contributed by atoms with Gasteiger partial charge in [-0.25, -0.2) is 0 Å². The number of piperidine rings is 1. The minimum atomic E-state index is -0.292. The monoisotopic (exact) mass is 485 g/mol. The first-order chi connectivity index (χ1) is 17.5. The number of carbonyl (C=O) groups is 3. The number of aryl methyl sites for hydroxylation is 1. The summed E-state index contributed by atoms with van der Waals surface area (Å²) in [7, 11) is 0. The molecule has 2 N–H and O–H groups in total. The quantitative estimate of drug-likeness (QED) is 0.475. The summed E-state index contributed by atoms with van der Waals surface area (Å²) in [5, 5.41) is 5.88. The van der Waals surface area contributed by atoms with Gasteiger partial charge in [-0.15, -0.1) is 0 Å². The molecule has 186 valence electrons. The van der Waals surface area contributed by atoms with E-state index in [0.717, 1.165) is 24.2 Å². The molecule has 3 amide bonds. The third-order valence-corrected chi connectivity index (χ3v) is 6.26. The number of anilines is 2. The molecule has 1 atom stereocenters. The van der Waals surface area contributed by atoms with Crippen molar-refractivity contribution in [3.8, 4) is 5.75 Å². The van der Waals surface area contributed by atoms with E-state index in [0.29, 0.717) is 36.6 Å². The Labute approximate surface area is 211 Å². The Morgan fingerprint density at radius 3 is 2.42 bits per heavy atom. The van der Waals surface area contributed by atoms with Gasteiger partial charge in [0.15, 0.2) is 0 Å². The number of benzene rings is 3. The van der Waals surface area contributed by atoms with Gasteiger partial charge in [-0.3, -0.25) is 14.4 Å². The van der Waals surface area contributed by atoms with Crippen molar-refractivity contribution in [3.63, 3.8) is 0 Å². The lowest BCUT2D eigenvalue weighted by Gasteiger charge is -2.32. The van der Waals surface area contributed by atoms with Gasteiger partial charge in [0, 0.05) is 30.0 Å². The molecule has 0 bridgehead atoms. The highest BCUT2D eigenvalue weighted by molar-refractivity contribution is 6.04. The number of likely N-dealkylation sites (tertiary alicyclic amines) is 1. The second-order valence-electron chi connectivity index (χ2n) is 8.93. The molecule has 1 unspecified atom stereocenters. The third-order valence-electron chi connectivity index (χ3n) is 6.26. The standard InChI is InChI=1S/C29H31N3O4/c1-21-14-15-24(30-28(34)22-9-4-2-5-10-22)19-26(21)31-29(35)23-11-8-17-32(20-23)27(33)16-18-36-25-12-6-3-7-13-25/h2-7,9-10,12-15,19,23H,8,11,16-18,20H2,1H3,(H,30,34)(H,31,35). The lowest BCUT2D eigenvalue weighted by molar-refractivity contribution is -0.135. The first kappa shape index (κ1) is 25.0. The molecule has 7 heteroatoms. The second-order valence-corrected chi connectivity index (χ2v) is 8.93. The Bertz CT molecular complexity index is 1200. The average molecular weight is 486 g/mol. The van der Waals surface area contributed by atoms with Crippen molar-refractivity contribution in [1.29, 1.82) is 0 Å². The van der Waals surface area contributed by atoms with Gasteiger partial charge in [0.25, 0.3) is 5.91 Å². The van der Waals surface area contributed by atoms with Gasteiger partial charge in [0.05, 0.1) is 18.9 Å². The van der Waals surface area contributed by atoms with Crippen molar-refractivity contribution < 1.29 is 19.1 Å². The normalized spacial score (nSPS) is 15.1. The highest BCUT2D eigenvalue weighted by atomic mass is 16.5. The molecule has 3 aromatic carbocycles. The Kier molecular flexibility index (Phi) is 8.34. The second kappa shape index (κ2) is 12.0. The minimum Gasteiger partial charge on any atom is -0.493 e. The summed E-state index contributed by atoms with van der Waals surface area (Å²) in [4.78, 5) is 40.0. The summed E-state index contributed by atoms with van der Waals surface area (Å²) in [5.41, 5.74) is 2.70. The van der Waals surface area contributed by atoms with E-state index in [4.69, 9.17) is 4.74 Å². The predicted molar refractivity (Wildman–Crippen MR) is 140 cm³/mol. The highest BCUT2D eigenvalue weighted by Gasteiger charge is 2.28. The first-order valence-electron chi connectivity index (χ1n) is 12.2. The number of ether oxygens (including phenoxy) is 1. The number of hydrogen-bond donors (Lipinski definition) is 2. The molecule has 1 aliphatic heterocycles. The van der Waals surface area contributed by atoms with Crippen molar-refractivity contribution in [2.24, 2.45) is 5.92 Å². The van der Waals surface area contributed by atoms with Gasteiger partial charge in [0.1, 0.15) is 5.75 Å². The van der Waals surface area contributed by atoms with E-state index in [1.165, 1.54) is 0 Å². The van der Waals surface area contributed by atoms with Crippen molar-refractivity contribution in [2.75, 3.05) is 30.3 Å². The molecule has 1 fully saturated rings. The SMILES string of the molecule is Cc1ccc(NC(=O)c2ccccc2)cc1NC(=O)C1CCCN(C(=O)CCOc2ccccc2)C1. The number of para-hydroxylation sites is 1. The smallest absolute Gasteiger partial charge is 0.255 e. The zero-order valence-electron chi connectivity index (χ0n) is 20.4. The van der Waals surface area contributed by atoms with Crippen LogP contribution in [-0.2, 0) is 9.59 Å². The van der Waals surface area contributed by atoms with Gasteiger partial charge in [-0.05, 0) is 61.7 Å². The van der Waals surface area contributed by atoms with E-state index >= 15 is 0 Å². The van der Waals surface area contributed by atoms with Gasteiger partial charge < -0.3 is 20.3 Å². The van der Waals surface area contributed by atoms with Gasteiger partial charge >= 0.3 is 0 Å². The van der Waals surface area contributed by atoms with Crippen LogP contribution >= 0.6 is 0 Å². The predicted octanol–water partition coefficient (Wildman–Crippen LogP) is 4.89. The van der Waals surface area contributed by atoms with Crippen LogP contribution in [0.1, 0.15) is 35.2 Å². The molecule has 0 radical (unpaired) electrons. The molecular weight excluding hydrogens is 454 g/mol. The zero-order valence-corrected chi connectivity index (χ0v) is 20.4. The molecule has 3 aromatic rings. The fourth-order valence-corrected chi connectivity index (χ4v) is 4.21. The fourth-order valence-electron chi connectivity index (χ4n) is 4.21. The average Bonchev–Trinajstić information content (AvgIpc) is 2.91. The van der Waals surface area contributed by atoms with Crippen LogP contribution < -0.4 is 15.4 Å². The molecule has 1 heterocycles. The Morgan fingerprint density at radius 2 is 1.67 bits per heavy atom. The molecule has 4 rings (SSSR count). The van der Waals surface area contributed by atoms with E-state index in [1.807, 2.05) is 67.6 Å². The van der Waals surface area contributed by atoms with E-state index in [2.05, 4.69) is 10.6 Å². The van der Waals surface area contributed by atoms with Crippen LogP contribution in [-0.4, -0.2) is 42.3 Å². The Morgan fingerprint density at radius 1 is 0.944 bits per heavy atom. The maximum Gasteiger partial charge on any atom is 0.255 e. The van der Waals surface area contributed by atoms with Crippen LogP contribution in [0.15, 0.2) is 78.9 Å². The zero-order chi connectivity index (χ0) is 25.3. The molecule has 0 aromatic heterocycles. The molecule has 7 nitrogen and oxygen atoms in total. The molecular formula is C29H31N3O4. The summed E-state index contributed by atoms with van der Waals surface area (Å²) in [6.45, 7) is 3.24. The van der Waals surface area contributed by atoms with Crippen LogP contribution in [0.4, 0.5) is 11.4 Å².